The second kappa shape index (κ2) is 37.6. The Kier molecular flexibility index (Phi) is 33.5. The van der Waals surface area contributed by atoms with Crippen LogP contribution in [0.4, 0.5) is 0 Å². The fourth-order valence-corrected chi connectivity index (χ4v) is 12.3. The van der Waals surface area contributed by atoms with E-state index in [1.165, 1.54) is 99.5 Å². The van der Waals surface area contributed by atoms with Crippen LogP contribution >= 0.6 is 0 Å². The average Bonchev–Trinajstić information content (AvgIpc) is 0.875. The molecule has 2 rings (SSSR count). The van der Waals surface area contributed by atoms with E-state index in [4.69, 9.17) is 4.74 Å². The van der Waals surface area contributed by atoms with Crippen molar-refractivity contribution in [3.63, 3.8) is 0 Å². The summed E-state index contributed by atoms with van der Waals surface area (Å²) in [4.78, 5) is 174. The Morgan fingerprint density at radius 1 is 0.489 bits per heavy atom. The van der Waals surface area contributed by atoms with Crippen molar-refractivity contribution < 1.29 is 62.6 Å². The molecule has 2 saturated heterocycles. The van der Waals surface area contributed by atoms with Gasteiger partial charge in [0.15, 0.2) is 0 Å². The number of carbonyl (C=O) groups is 11. The number of rotatable bonds is 16. The highest BCUT2D eigenvalue weighted by Crippen LogP contribution is 2.26. The minimum absolute atomic E-state index is 0.00497. The monoisotopic (exact) mass is 1300 g/mol. The molecule has 0 bridgehead atoms. The molecule has 2 aliphatic rings. The van der Waals surface area contributed by atoms with Crippen molar-refractivity contribution in [3.8, 4) is 0 Å². The van der Waals surface area contributed by atoms with E-state index in [9.17, 15) is 33.9 Å². The van der Waals surface area contributed by atoms with Gasteiger partial charge in [-0.15, -0.1) is 0 Å². The summed E-state index contributed by atoms with van der Waals surface area (Å²) in [7, 11) is 10.0. The largest absolute Gasteiger partial charge is 0.390 e. The van der Waals surface area contributed by atoms with E-state index in [2.05, 4.69) is 26.2 Å². The molecule has 25 nitrogen and oxygen atoms in total. The van der Waals surface area contributed by atoms with Gasteiger partial charge in [0.1, 0.15) is 66.5 Å². The van der Waals surface area contributed by atoms with Gasteiger partial charge in [-0.25, -0.2) is 0 Å². The second-order valence-corrected chi connectivity index (χ2v) is 28.0. The van der Waals surface area contributed by atoms with Gasteiger partial charge < -0.3 is 70.3 Å². The number of nitrogens with one attached hydrogen (secondary N) is 4. The molecule has 25 heteroatoms. The molecule has 2 fully saturated rings. The van der Waals surface area contributed by atoms with Gasteiger partial charge in [0, 0.05) is 75.6 Å². The number of allylic oxidation sites excluding steroid dienone is 2. The maximum absolute atomic E-state index is 15.3. The molecular formula is C67H120N12O13. The van der Waals surface area contributed by atoms with Gasteiger partial charge in [0.05, 0.1) is 12.7 Å². The Balaban J connectivity index is 3.05. The van der Waals surface area contributed by atoms with Crippen LogP contribution < -0.4 is 21.3 Å². The lowest BCUT2D eigenvalue weighted by molar-refractivity contribution is -0.157. The minimum Gasteiger partial charge on any atom is -0.390 e. The van der Waals surface area contributed by atoms with Crippen molar-refractivity contribution in [3.05, 3.63) is 12.2 Å². The van der Waals surface area contributed by atoms with Crippen molar-refractivity contribution in [1.82, 2.24) is 60.5 Å². The van der Waals surface area contributed by atoms with Gasteiger partial charge in [-0.1, -0.05) is 102 Å². The van der Waals surface area contributed by atoms with E-state index in [0.29, 0.717) is 39.3 Å². The number of aliphatic hydroxyl groups is 1. The number of ether oxygens (including phenoxy) is 1. The number of aliphatic hydroxyl groups excluding tert-OH is 1. The number of carbonyl (C=O) groups excluding carboxylic acids is 11. The Morgan fingerprint density at radius 3 is 1.48 bits per heavy atom. The first-order valence-corrected chi connectivity index (χ1v) is 33.4. The topological polar surface area (TPSA) is 291 Å². The Hall–Kier alpha value is -6.21. The van der Waals surface area contributed by atoms with Crippen molar-refractivity contribution >= 4 is 65.0 Å². The van der Waals surface area contributed by atoms with Crippen molar-refractivity contribution in [1.29, 1.82) is 0 Å². The third-order valence-corrected chi connectivity index (χ3v) is 18.2. The first-order valence-electron chi connectivity index (χ1n) is 33.4. The van der Waals surface area contributed by atoms with Crippen LogP contribution in [0.3, 0.4) is 0 Å². The molecule has 0 aromatic rings. The smallest absolute Gasteiger partial charge is 0.246 e. The fraction of sp³-hybridized carbons (Fsp3) is 0.806. The summed E-state index contributed by atoms with van der Waals surface area (Å²) >= 11 is 0. The highest BCUT2D eigenvalue weighted by Gasteiger charge is 2.46. The van der Waals surface area contributed by atoms with Crippen LogP contribution in [0.25, 0.3) is 0 Å². The third-order valence-electron chi connectivity index (χ3n) is 18.2. The third kappa shape index (κ3) is 22.2. The molecule has 0 unspecified atom stereocenters. The summed E-state index contributed by atoms with van der Waals surface area (Å²) in [6.07, 6.45) is 3.56. The molecule has 0 radical (unpaired) electrons. The molecule has 0 aliphatic carbocycles. The summed E-state index contributed by atoms with van der Waals surface area (Å²) in [5.74, 6) is -10.3. The Morgan fingerprint density at radius 2 is 0.967 bits per heavy atom. The van der Waals surface area contributed by atoms with E-state index in [1.54, 1.807) is 54.5 Å². The molecule has 11 amide bonds. The van der Waals surface area contributed by atoms with Crippen LogP contribution in [0.15, 0.2) is 12.2 Å². The Bertz CT molecular complexity index is 2520. The van der Waals surface area contributed by atoms with Crippen LogP contribution in [0.2, 0.25) is 0 Å². The summed E-state index contributed by atoms with van der Waals surface area (Å²) in [6.45, 7) is 32.1. The molecular weight excluding hydrogens is 1180 g/mol. The summed E-state index contributed by atoms with van der Waals surface area (Å²) in [5.41, 5.74) is 0. The van der Waals surface area contributed by atoms with Crippen molar-refractivity contribution in [2.45, 2.75) is 229 Å². The number of nitrogens with zero attached hydrogens (tertiary/aromatic N) is 8. The fourth-order valence-electron chi connectivity index (χ4n) is 12.3. The second-order valence-electron chi connectivity index (χ2n) is 28.0. The van der Waals surface area contributed by atoms with Gasteiger partial charge in [-0.3, -0.25) is 52.7 Å². The zero-order chi connectivity index (χ0) is 70.7. The lowest BCUT2D eigenvalue weighted by Crippen LogP contribution is -2.64. The van der Waals surface area contributed by atoms with Gasteiger partial charge >= 0.3 is 0 Å². The van der Waals surface area contributed by atoms with Gasteiger partial charge in [0.25, 0.3) is 0 Å². The Labute approximate surface area is 550 Å². The van der Waals surface area contributed by atoms with E-state index < -0.39 is 161 Å². The first kappa shape index (κ1) is 81.9. The average molecular weight is 1300 g/mol. The zero-order valence-corrected chi connectivity index (χ0v) is 60.3. The predicted molar refractivity (Wildman–Crippen MR) is 355 cm³/mol. The lowest BCUT2D eigenvalue weighted by atomic mass is 9.91. The highest BCUT2D eigenvalue weighted by atomic mass is 16.5. The molecule has 2 aliphatic heterocycles. The molecule has 2 heterocycles. The summed E-state index contributed by atoms with van der Waals surface area (Å²) in [6, 6.07) is -13.8. The molecule has 92 heavy (non-hydrogen) atoms. The van der Waals surface area contributed by atoms with E-state index >= 15 is 24.0 Å². The first-order chi connectivity index (χ1) is 42.7. The number of likely N-dealkylation sites (N-methyl/N-ethyl adjacent to an activating group) is 7. The van der Waals surface area contributed by atoms with Crippen LogP contribution in [-0.4, -0.2) is 264 Å². The number of hydrogen-bond donors (Lipinski definition) is 5. The summed E-state index contributed by atoms with van der Waals surface area (Å²) in [5, 5.41) is 23.4. The van der Waals surface area contributed by atoms with E-state index in [1.807, 2.05) is 54.5 Å². The molecule has 0 aromatic heterocycles. The SMILES string of the molecule is C/C=C/C[C@@H](C)[C@@H](O)[C@H]1C(=O)N[C@@H](CC)C(=O)N(C)[C@H](C)C(=O)N(C)[C@@H]([C@H](C)CN2CCCOCC2)C(=O)N[C@@H](C(C)C)C(=O)N(C)[C@@H](CC(C)C)C(=O)N[C@@H](C)C(=O)N[C@H](C)C(=O)N(C)[C@@H](CC(C)C)C(=O)N(C)[C@@H](CC(C)C)C(=O)N(C)[C@@H](C(C)C)C(=O)N1C. The molecule has 0 aromatic carbocycles. The normalized spacial score (nSPS) is 28.2. The van der Waals surface area contributed by atoms with Crippen LogP contribution in [0, 0.1) is 41.4 Å². The molecule has 526 valence electrons. The molecule has 5 N–H and O–H groups in total. The van der Waals surface area contributed by atoms with Crippen LogP contribution in [0.5, 0.6) is 0 Å². The lowest BCUT2D eigenvalue weighted by Gasteiger charge is -2.41. The maximum atomic E-state index is 15.3. The number of hydrogen-bond acceptors (Lipinski definition) is 14. The predicted octanol–water partition coefficient (Wildman–Crippen LogP) is 2.97. The molecule has 0 saturated carbocycles. The van der Waals surface area contributed by atoms with Crippen LogP contribution in [0.1, 0.15) is 156 Å². The van der Waals surface area contributed by atoms with E-state index in [0.717, 1.165) is 11.3 Å². The van der Waals surface area contributed by atoms with Gasteiger partial charge in [-0.2, -0.15) is 0 Å². The van der Waals surface area contributed by atoms with E-state index in [-0.39, 0.29) is 43.4 Å². The molecule has 14 atom stereocenters. The zero-order valence-electron chi connectivity index (χ0n) is 60.3. The van der Waals surface area contributed by atoms with Gasteiger partial charge in [-0.05, 0) is 108 Å². The number of amides is 11. The quantitative estimate of drug-likeness (QED) is 0.139. The van der Waals surface area contributed by atoms with Gasteiger partial charge in [0.2, 0.25) is 65.0 Å². The standard InChI is InChI=1S/C67H120N12O13/c1-25-27-29-43(13)56(80)55-60(84)70-48(26-2)63(87)72(18)47(17)62(86)77(23)54(44(14)37-79-30-28-32-92-33-31-79)59(83)71-52(41(9)10)66(90)73(19)49(34-38(3)4)58(82)68-45(15)57(81)69-46(16)61(85)74(20)50(35-39(5)6)64(88)75(21)51(36-40(7)8)65(89)76(22)53(42(11)12)67(91)78(55)24/h25,27,38-56,80H,26,28-37H2,1-24H3,(H,68,82)(H,69,81)(H,70,84)(H,71,83)/b27-25+/t43-,44-,45+,46-,47-,48+,49+,50+,51+,52+,53+,54+,55+,56-/m1/s1. The molecule has 0 spiro atoms. The summed E-state index contributed by atoms with van der Waals surface area (Å²) < 4.78 is 5.72. The van der Waals surface area contributed by atoms with Crippen molar-refractivity contribution in [2.75, 3.05) is 82.2 Å². The van der Waals surface area contributed by atoms with Crippen LogP contribution in [-0.2, 0) is 57.5 Å². The highest BCUT2D eigenvalue weighted by molar-refractivity contribution is 6.00. The van der Waals surface area contributed by atoms with Crippen molar-refractivity contribution in [2.24, 2.45) is 41.4 Å². The minimum atomic E-state index is -1.63. The maximum Gasteiger partial charge on any atom is 0.246 e.